The number of unbranched alkanes of at least 4 members (excludes halogenated alkanes) is 1. The van der Waals surface area contributed by atoms with E-state index >= 15 is 0 Å². The van der Waals surface area contributed by atoms with Gasteiger partial charge < -0.3 is 15.2 Å². The number of ketones is 2. The van der Waals surface area contributed by atoms with Gasteiger partial charge in [-0.05, 0) is 73.8 Å². The van der Waals surface area contributed by atoms with Gasteiger partial charge in [0.15, 0.2) is 11.6 Å². The van der Waals surface area contributed by atoms with E-state index in [1.807, 2.05) is 32.0 Å². The highest BCUT2D eigenvalue weighted by molar-refractivity contribution is 6.04. The third-order valence-electron chi connectivity index (χ3n) is 8.33. The maximum absolute atomic E-state index is 13.2. The molecule has 4 atom stereocenters. The van der Waals surface area contributed by atoms with Crippen molar-refractivity contribution in [3.8, 4) is 5.75 Å². The molecule has 1 amide bonds. The van der Waals surface area contributed by atoms with Crippen molar-refractivity contribution >= 4 is 17.5 Å². The minimum Gasteiger partial charge on any atom is -0.494 e. The van der Waals surface area contributed by atoms with Gasteiger partial charge >= 0.3 is 0 Å². The highest BCUT2D eigenvalue weighted by atomic mass is 16.5. The number of benzene rings is 2. The number of Topliss-reactive ketones (excluding diaryl/α,β-unsaturated/α-hetero) is 2. The number of ether oxygens (including phenoxy) is 1. The van der Waals surface area contributed by atoms with E-state index in [-0.39, 0.29) is 23.0 Å². The summed E-state index contributed by atoms with van der Waals surface area (Å²) < 4.78 is 5.81. The van der Waals surface area contributed by atoms with E-state index in [4.69, 9.17) is 4.74 Å². The number of carbonyl (C=O) groups excluding carboxylic acids is 3. The third kappa shape index (κ3) is 4.64. The molecule has 35 heavy (non-hydrogen) atoms. The number of aliphatic hydroxyl groups excluding tert-OH is 1. The summed E-state index contributed by atoms with van der Waals surface area (Å²) >= 11 is 0. The maximum atomic E-state index is 13.2. The van der Waals surface area contributed by atoms with Crippen LogP contribution in [0.1, 0.15) is 56.0 Å². The smallest absolute Gasteiger partial charge is 0.251 e. The first-order chi connectivity index (χ1) is 16.7. The van der Waals surface area contributed by atoms with Crippen LogP contribution in [-0.2, 0) is 16.0 Å². The van der Waals surface area contributed by atoms with E-state index in [9.17, 15) is 19.5 Å². The third-order valence-corrected chi connectivity index (χ3v) is 8.33. The largest absolute Gasteiger partial charge is 0.494 e. The molecule has 6 nitrogen and oxygen atoms in total. The molecule has 0 saturated heterocycles. The molecular formula is C29H35NO5. The van der Waals surface area contributed by atoms with Gasteiger partial charge in [-0.1, -0.05) is 44.2 Å². The number of nitrogens with one attached hydrogen (secondary N) is 1. The van der Waals surface area contributed by atoms with Crippen LogP contribution in [-0.4, -0.2) is 41.8 Å². The zero-order chi connectivity index (χ0) is 25.2. The molecule has 186 valence electrons. The van der Waals surface area contributed by atoms with Crippen LogP contribution in [0.15, 0.2) is 54.6 Å². The second-order valence-electron chi connectivity index (χ2n) is 10.7. The van der Waals surface area contributed by atoms with Crippen LogP contribution in [0.25, 0.3) is 0 Å². The van der Waals surface area contributed by atoms with Gasteiger partial charge in [0.2, 0.25) is 0 Å². The second kappa shape index (κ2) is 9.94. The number of hydrogen-bond acceptors (Lipinski definition) is 5. The van der Waals surface area contributed by atoms with Crippen LogP contribution in [0.3, 0.4) is 0 Å². The van der Waals surface area contributed by atoms with Crippen molar-refractivity contribution in [2.45, 2.75) is 52.5 Å². The molecule has 3 aliphatic rings. The Morgan fingerprint density at radius 2 is 1.71 bits per heavy atom. The van der Waals surface area contributed by atoms with Crippen LogP contribution < -0.4 is 10.1 Å². The standard InChI is InChI=1S/C29H35NO5/c1-28(2)22-17-23(28)29(3,24(32)18-31)26(25(22)33)30-27(34)20-12-14-21(15-13-20)35-16-8-7-11-19-9-5-4-6-10-19/h4-6,9-10,12-15,22-23,26,31H,7-8,11,16-18H2,1-3H3,(H,30,34). The van der Waals surface area contributed by atoms with Crippen molar-refractivity contribution in [3.63, 3.8) is 0 Å². The predicted octanol–water partition coefficient (Wildman–Crippen LogP) is 4.00. The maximum Gasteiger partial charge on any atom is 0.251 e. The summed E-state index contributed by atoms with van der Waals surface area (Å²) in [4.78, 5) is 39.0. The van der Waals surface area contributed by atoms with Crippen LogP contribution in [0, 0.1) is 22.7 Å². The zero-order valence-electron chi connectivity index (χ0n) is 20.8. The summed E-state index contributed by atoms with van der Waals surface area (Å²) in [5.74, 6) is -0.503. The number of aliphatic hydroxyl groups is 1. The molecule has 6 heteroatoms. The van der Waals surface area contributed by atoms with Gasteiger partial charge in [-0.25, -0.2) is 0 Å². The fourth-order valence-corrected chi connectivity index (χ4v) is 6.05. The van der Waals surface area contributed by atoms with E-state index in [1.54, 1.807) is 31.2 Å². The van der Waals surface area contributed by atoms with Crippen molar-refractivity contribution in [1.82, 2.24) is 5.32 Å². The molecule has 3 aliphatic carbocycles. The molecule has 2 aromatic rings. The average Bonchev–Trinajstić information content (AvgIpc) is 2.85. The van der Waals surface area contributed by atoms with Gasteiger partial charge in [-0.15, -0.1) is 0 Å². The summed E-state index contributed by atoms with van der Waals surface area (Å²) in [6.07, 6.45) is 3.60. The molecule has 3 fully saturated rings. The van der Waals surface area contributed by atoms with Gasteiger partial charge in [0.1, 0.15) is 18.4 Å². The summed E-state index contributed by atoms with van der Waals surface area (Å²) in [7, 11) is 0. The predicted molar refractivity (Wildman–Crippen MR) is 133 cm³/mol. The Labute approximate surface area is 207 Å². The summed E-state index contributed by atoms with van der Waals surface area (Å²) in [6.45, 7) is 5.64. The Morgan fingerprint density at radius 1 is 1.03 bits per heavy atom. The number of hydrogen-bond donors (Lipinski definition) is 2. The normalized spacial score (nSPS) is 26.5. The number of aryl methyl sites for hydroxylation is 1. The van der Waals surface area contributed by atoms with E-state index in [0.29, 0.717) is 24.3 Å². The molecule has 2 N–H and O–H groups in total. The fourth-order valence-electron chi connectivity index (χ4n) is 6.05. The monoisotopic (exact) mass is 477 g/mol. The Hall–Kier alpha value is -2.99. The quantitative estimate of drug-likeness (QED) is 0.505. The number of fused-ring (bicyclic) bond motifs is 2. The van der Waals surface area contributed by atoms with Crippen molar-refractivity contribution in [2.75, 3.05) is 13.2 Å². The van der Waals surface area contributed by atoms with Crippen molar-refractivity contribution in [2.24, 2.45) is 22.7 Å². The van der Waals surface area contributed by atoms with E-state index in [0.717, 1.165) is 19.3 Å². The van der Waals surface area contributed by atoms with Gasteiger partial charge in [0, 0.05) is 11.5 Å². The molecule has 0 spiro atoms. The zero-order valence-corrected chi connectivity index (χ0v) is 20.8. The fraction of sp³-hybridized carbons (Fsp3) is 0.483. The highest BCUT2D eigenvalue weighted by Gasteiger charge is 2.69. The summed E-state index contributed by atoms with van der Waals surface area (Å²) in [6, 6.07) is 16.2. The first kappa shape index (κ1) is 25.1. The summed E-state index contributed by atoms with van der Waals surface area (Å²) in [5, 5.41) is 12.4. The van der Waals surface area contributed by atoms with Gasteiger partial charge in [0.25, 0.3) is 5.91 Å². The lowest BCUT2D eigenvalue weighted by Gasteiger charge is -2.65. The van der Waals surface area contributed by atoms with Crippen molar-refractivity contribution in [3.05, 3.63) is 65.7 Å². The first-order valence-electron chi connectivity index (χ1n) is 12.4. The molecule has 5 rings (SSSR count). The van der Waals surface area contributed by atoms with Crippen LogP contribution in [0.2, 0.25) is 0 Å². The summed E-state index contributed by atoms with van der Waals surface area (Å²) in [5.41, 5.74) is 0.268. The van der Waals surface area contributed by atoms with Crippen LogP contribution in [0.5, 0.6) is 5.75 Å². The van der Waals surface area contributed by atoms with Crippen LogP contribution >= 0.6 is 0 Å². The van der Waals surface area contributed by atoms with Crippen LogP contribution in [0.4, 0.5) is 0 Å². The molecule has 3 saturated carbocycles. The lowest BCUT2D eigenvalue weighted by atomic mass is 9.38. The lowest BCUT2D eigenvalue weighted by molar-refractivity contribution is -0.187. The highest BCUT2D eigenvalue weighted by Crippen LogP contribution is 2.64. The molecule has 4 unspecified atom stereocenters. The second-order valence-corrected chi connectivity index (χ2v) is 10.7. The number of amides is 1. The molecule has 2 bridgehead atoms. The SMILES string of the molecule is CC1(C)C2CC1C(C)(C(=O)CO)C(NC(=O)c1ccc(OCCCCc3ccccc3)cc1)C2=O. The molecule has 0 radical (unpaired) electrons. The Bertz CT molecular complexity index is 1080. The average molecular weight is 478 g/mol. The van der Waals surface area contributed by atoms with Gasteiger partial charge in [-0.3, -0.25) is 14.4 Å². The Balaban J connectivity index is 1.34. The topological polar surface area (TPSA) is 92.7 Å². The molecule has 0 heterocycles. The van der Waals surface area contributed by atoms with Gasteiger partial charge in [0.05, 0.1) is 12.0 Å². The lowest BCUT2D eigenvalue weighted by Crippen LogP contribution is -2.73. The molecule has 2 aromatic carbocycles. The van der Waals surface area contributed by atoms with E-state index < -0.39 is 29.8 Å². The van der Waals surface area contributed by atoms with Crippen molar-refractivity contribution in [1.29, 1.82) is 0 Å². The minimum atomic E-state index is -1.12. The van der Waals surface area contributed by atoms with Gasteiger partial charge in [-0.2, -0.15) is 0 Å². The minimum absolute atomic E-state index is 0.0692. The molecule has 0 aliphatic heterocycles. The molecule has 0 aromatic heterocycles. The Kier molecular flexibility index (Phi) is 7.13. The van der Waals surface area contributed by atoms with E-state index in [2.05, 4.69) is 17.4 Å². The number of carbonyl (C=O) groups is 3. The number of rotatable bonds is 10. The molecular weight excluding hydrogens is 442 g/mol. The van der Waals surface area contributed by atoms with E-state index in [1.165, 1.54) is 5.56 Å². The van der Waals surface area contributed by atoms with Crippen molar-refractivity contribution < 1.29 is 24.2 Å². The first-order valence-corrected chi connectivity index (χ1v) is 12.4. The Morgan fingerprint density at radius 3 is 2.34 bits per heavy atom.